The van der Waals surface area contributed by atoms with Gasteiger partial charge in [-0.05, 0) is 13.0 Å². The van der Waals surface area contributed by atoms with Gasteiger partial charge in [0.25, 0.3) is 0 Å². The Morgan fingerprint density at radius 3 is 2.33 bits per heavy atom. The number of pyridine rings is 1. The van der Waals surface area contributed by atoms with Crippen LogP contribution in [0.5, 0.6) is 0 Å². The maximum absolute atomic E-state index is 12.6. The van der Waals surface area contributed by atoms with E-state index in [1.165, 1.54) is 24.7 Å². The second-order valence-corrected chi connectivity index (χ2v) is 6.27. The summed E-state index contributed by atoms with van der Waals surface area (Å²) in [6, 6.07) is 1.58. The van der Waals surface area contributed by atoms with E-state index in [0.29, 0.717) is 25.4 Å². The summed E-state index contributed by atoms with van der Waals surface area (Å²) in [5, 5.41) is 3.05. The fourth-order valence-corrected chi connectivity index (χ4v) is 3.15. The first kappa shape index (κ1) is 17.8. The summed E-state index contributed by atoms with van der Waals surface area (Å²) in [7, 11) is -0.543. The molecule has 0 saturated heterocycles. The third kappa shape index (κ3) is 5.24. The predicted molar refractivity (Wildman–Crippen MR) is 80.9 cm³/mol. The Bertz CT molecular complexity index is 514. The van der Waals surface area contributed by atoms with Gasteiger partial charge in [-0.1, -0.05) is 0 Å². The highest BCUT2D eigenvalue weighted by atomic mass is 32.2. The normalized spacial score (nSPS) is 11.8. The van der Waals surface area contributed by atoms with Crippen LogP contribution in [-0.2, 0) is 19.5 Å². The van der Waals surface area contributed by atoms with Crippen molar-refractivity contribution in [1.82, 2.24) is 9.29 Å². The number of nitrogens with one attached hydrogen (secondary N) is 1. The molecule has 0 aliphatic rings. The molecule has 0 bridgehead atoms. The Balaban J connectivity index is 3.00. The molecule has 0 atom stereocenters. The quantitative estimate of drug-likeness (QED) is 0.687. The Morgan fingerprint density at radius 1 is 1.19 bits per heavy atom. The van der Waals surface area contributed by atoms with Crippen molar-refractivity contribution >= 4 is 15.7 Å². The highest BCUT2D eigenvalue weighted by Gasteiger charge is 2.24. The Hall–Kier alpha value is -1.22. The zero-order valence-electron chi connectivity index (χ0n) is 12.7. The number of hydrogen-bond acceptors (Lipinski definition) is 6. The van der Waals surface area contributed by atoms with E-state index in [1.54, 1.807) is 12.3 Å². The number of hydrogen-bond donors (Lipinski definition) is 1. The van der Waals surface area contributed by atoms with Crippen LogP contribution in [0.3, 0.4) is 0 Å². The summed E-state index contributed by atoms with van der Waals surface area (Å²) >= 11 is 0. The van der Waals surface area contributed by atoms with Crippen molar-refractivity contribution in [2.75, 3.05) is 52.4 Å². The fraction of sp³-hybridized carbons (Fsp3) is 0.615. The average molecular weight is 317 g/mol. The second-order valence-electron chi connectivity index (χ2n) is 4.33. The van der Waals surface area contributed by atoms with Gasteiger partial charge < -0.3 is 14.8 Å². The molecule has 0 radical (unpaired) electrons. The monoisotopic (exact) mass is 317 g/mol. The zero-order chi connectivity index (χ0) is 15.7. The van der Waals surface area contributed by atoms with Gasteiger partial charge in [0.1, 0.15) is 4.90 Å². The van der Waals surface area contributed by atoms with Gasteiger partial charge in [-0.3, -0.25) is 4.98 Å². The molecule has 0 saturated carbocycles. The van der Waals surface area contributed by atoms with Crippen molar-refractivity contribution in [1.29, 1.82) is 0 Å². The number of aromatic nitrogens is 1. The van der Waals surface area contributed by atoms with E-state index < -0.39 is 10.0 Å². The molecule has 0 amide bonds. The van der Waals surface area contributed by atoms with Gasteiger partial charge in [-0.2, -0.15) is 4.31 Å². The molecule has 1 heterocycles. The minimum absolute atomic E-state index is 0.160. The summed E-state index contributed by atoms with van der Waals surface area (Å²) in [5.41, 5.74) is 0.678. The molecule has 120 valence electrons. The van der Waals surface area contributed by atoms with E-state index in [4.69, 9.17) is 9.47 Å². The standard InChI is InChI=1S/C13H23N3O4S/c1-4-15-12-9-13(11-14-10-12)21(17,18)16(5-7-19-2)6-8-20-3/h9-11,15H,4-8H2,1-3H3. The summed E-state index contributed by atoms with van der Waals surface area (Å²) in [6.45, 7) is 3.82. The topological polar surface area (TPSA) is 80.8 Å². The van der Waals surface area contributed by atoms with E-state index >= 15 is 0 Å². The molecular formula is C13H23N3O4S. The highest BCUT2D eigenvalue weighted by Crippen LogP contribution is 2.18. The summed E-state index contributed by atoms with van der Waals surface area (Å²) in [6.07, 6.45) is 2.94. The average Bonchev–Trinajstić information content (AvgIpc) is 2.48. The van der Waals surface area contributed by atoms with Crippen LogP contribution in [0.25, 0.3) is 0 Å². The van der Waals surface area contributed by atoms with E-state index in [1.807, 2.05) is 6.92 Å². The largest absolute Gasteiger partial charge is 0.384 e. The number of ether oxygens (including phenoxy) is 2. The minimum atomic E-state index is -3.62. The fourth-order valence-electron chi connectivity index (χ4n) is 1.75. The van der Waals surface area contributed by atoms with Crippen LogP contribution in [0.4, 0.5) is 5.69 Å². The lowest BCUT2D eigenvalue weighted by molar-refractivity contribution is 0.150. The molecule has 0 aliphatic carbocycles. The predicted octanol–water partition coefficient (Wildman–Crippen LogP) is 0.797. The van der Waals surface area contributed by atoms with E-state index in [-0.39, 0.29) is 18.0 Å². The SMILES string of the molecule is CCNc1cncc(S(=O)(=O)N(CCOC)CCOC)c1. The van der Waals surface area contributed by atoms with Crippen LogP contribution >= 0.6 is 0 Å². The second kappa shape index (κ2) is 8.93. The van der Waals surface area contributed by atoms with Crippen LogP contribution in [0.1, 0.15) is 6.92 Å². The number of rotatable bonds is 10. The van der Waals surface area contributed by atoms with E-state index in [2.05, 4.69) is 10.3 Å². The summed E-state index contributed by atoms with van der Waals surface area (Å²) in [5.74, 6) is 0. The summed E-state index contributed by atoms with van der Waals surface area (Å²) < 4.78 is 36.6. The molecule has 1 rings (SSSR count). The molecule has 0 spiro atoms. The van der Waals surface area contributed by atoms with Gasteiger partial charge in [0.05, 0.1) is 25.1 Å². The van der Waals surface area contributed by atoms with Crippen molar-refractivity contribution in [3.05, 3.63) is 18.5 Å². The van der Waals surface area contributed by atoms with E-state index in [9.17, 15) is 8.42 Å². The van der Waals surface area contributed by atoms with Crippen LogP contribution in [0, 0.1) is 0 Å². The molecule has 0 aliphatic heterocycles. The van der Waals surface area contributed by atoms with Crippen molar-refractivity contribution < 1.29 is 17.9 Å². The third-order valence-corrected chi connectivity index (χ3v) is 4.69. The number of nitrogens with zero attached hydrogens (tertiary/aromatic N) is 2. The van der Waals surface area contributed by atoms with Crippen LogP contribution in [0.15, 0.2) is 23.4 Å². The molecule has 8 heteroatoms. The summed E-state index contributed by atoms with van der Waals surface area (Å²) in [4.78, 5) is 4.14. The smallest absolute Gasteiger partial charge is 0.244 e. The molecule has 0 aromatic carbocycles. The molecule has 0 unspecified atom stereocenters. The maximum atomic E-state index is 12.6. The zero-order valence-corrected chi connectivity index (χ0v) is 13.5. The maximum Gasteiger partial charge on any atom is 0.244 e. The first-order chi connectivity index (χ1) is 10.1. The van der Waals surface area contributed by atoms with Crippen LogP contribution in [0.2, 0.25) is 0 Å². The molecule has 1 aromatic heterocycles. The van der Waals surface area contributed by atoms with Crippen molar-refractivity contribution in [2.45, 2.75) is 11.8 Å². The third-order valence-electron chi connectivity index (χ3n) is 2.82. The molecule has 7 nitrogen and oxygen atoms in total. The lowest BCUT2D eigenvalue weighted by Gasteiger charge is -2.21. The number of anilines is 1. The molecular weight excluding hydrogens is 294 g/mol. The first-order valence-corrected chi connectivity index (χ1v) is 8.17. The van der Waals surface area contributed by atoms with Crippen molar-refractivity contribution in [3.8, 4) is 0 Å². The van der Waals surface area contributed by atoms with Crippen molar-refractivity contribution in [3.63, 3.8) is 0 Å². The lowest BCUT2D eigenvalue weighted by atomic mass is 10.4. The number of methoxy groups -OCH3 is 2. The van der Waals surface area contributed by atoms with Gasteiger partial charge in [-0.25, -0.2) is 8.42 Å². The van der Waals surface area contributed by atoms with Gasteiger partial charge in [0, 0.05) is 40.1 Å². The Kier molecular flexibility index (Phi) is 7.58. The van der Waals surface area contributed by atoms with Gasteiger partial charge in [0.15, 0.2) is 0 Å². The Morgan fingerprint density at radius 2 is 1.81 bits per heavy atom. The van der Waals surface area contributed by atoms with Crippen LogP contribution < -0.4 is 5.32 Å². The minimum Gasteiger partial charge on any atom is -0.384 e. The van der Waals surface area contributed by atoms with Crippen molar-refractivity contribution in [2.24, 2.45) is 0 Å². The molecule has 21 heavy (non-hydrogen) atoms. The molecule has 1 aromatic rings. The lowest BCUT2D eigenvalue weighted by Crippen LogP contribution is -2.36. The Labute approximate surface area is 126 Å². The molecule has 1 N–H and O–H groups in total. The first-order valence-electron chi connectivity index (χ1n) is 6.73. The van der Waals surface area contributed by atoms with E-state index in [0.717, 1.165) is 0 Å². The van der Waals surface area contributed by atoms with Gasteiger partial charge in [-0.15, -0.1) is 0 Å². The van der Waals surface area contributed by atoms with Gasteiger partial charge >= 0.3 is 0 Å². The van der Waals surface area contributed by atoms with Crippen LogP contribution in [-0.4, -0.2) is 64.8 Å². The highest BCUT2D eigenvalue weighted by molar-refractivity contribution is 7.89. The van der Waals surface area contributed by atoms with Gasteiger partial charge in [0.2, 0.25) is 10.0 Å². The molecule has 0 fully saturated rings. The number of sulfonamides is 1.